The van der Waals surface area contributed by atoms with E-state index in [1.807, 2.05) is 6.08 Å². The van der Waals surface area contributed by atoms with Gasteiger partial charge in [-0.1, -0.05) is 19.9 Å². The molecule has 0 radical (unpaired) electrons. The number of methoxy groups -OCH3 is 1. The van der Waals surface area contributed by atoms with Gasteiger partial charge in [0, 0.05) is 5.41 Å². The summed E-state index contributed by atoms with van der Waals surface area (Å²) in [5.41, 5.74) is -0.0393. The van der Waals surface area contributed by atoms with Crippen LogP contribution in [0.2, 0.25) is 0 Å². The minimum atomic E-state index is -0.0393. The maximum absolute atomic E-state index is 11.5. The van der Waals surface area contributed by atoms with Crippen LogP contribution >= 0.6 is 0 Å². The molecule has 0 heterocycles. The molecule has 0 N–H and O–H groups in total. The van der Waals surface area contributed by atoms with Crippen molar-refractivity contribution in [3.8, 4) is 0 Å². The molecule has 0 bridgehead atoms. The first kappa shape index (κ1) is 8.54. The lowest BCUT2D eigenvalue weighted by molar-refractivity contribution is -0.121. The standard InChI is InChI=1S/C11H14O2/c1-7(2)11-5-4-8(12)10(11)9(6-11)13-3/h4-7,10H,1-3H3. The average molecular weight is 178 g/mol. The fourth-order valence-electron chi connectivity index (χ4n) is 2.29. The number of allylic oxidation sites excluding steroid dienone is 4. The van der Waals surface area contributed by atoms with E-state index in [1.54, 1.807) is 13.2 Å². The predicted molar refractivity (Wildman–Crippen MR) is 50.0 cm³/mol. The van der Waals surface area contributed by atoms with Crippen LogP contribution in [0, 0.1) is 17.3 Å². The zero-order valence-electron chi connectivity index (χ0n) is 8.20. The topological polar surface area (TPSA) is 26.3 Å². The minimum Gasteiger partial charge on any atom is -0.501 e. The molecule has 0 aromatic heterocycles. The van der Waals surface area contributed by atoms with Crippen molar-refractivity contribution in [1.29, 1.82) is 0 Å². The Bertz CT molecular complexity index is 312. The Morgan fingerprint density at radius 3 is 2.77 bits per heavy atom. The van der Waals surface area contributed by atoms with E-state index in [-0.39, 0.29) is 17.1 Å². The fourth-order valence-corrected chi connectivity index (χ4v) is 2.29. The van der Waals surface area contributed by atoms with Crippen molar-refractivity contribution in [3.05, 3.63) is 24.0 Å². The molecule has 2 unspecified atom stereocenters. The molecule has 0 aromatic carbocycles. The van der Waals surface area contributed by atoms with Gasteiger partial charge in [0.05, 0.1) is 13.0 Å². The lowest BCUT2D eigenvalue weighted by Crippen LogP contribution is -2.42. The molecule has 70 valence electrons. The lowest BCUT2D eigenvalue weighted by Gasteiger charge is -2.43. The van der Waals surface area contributed by atoms with Gasteiger partial charge in [-0.2, -0.15) is 0 Å². The Morgan fingerprint density at radius 2 is 2.23 bits per heavy atom. The van der Waals surface area contributed by atoms with Crippen molar-refractivity contribution in [3.63, 3.8) is 0 Å². The average Bonchev–Trinajstić information content (AvgIpc) is 2.25. The monoisotopic (exact) mass is 178 g/mol. The number of hydrogen-bond donors (Lipinski definition) is 0. The third-order valence-corrected chi connectivity index (χ3v) is 3.23. The second kappa shape index (κ2) is 2.47. The van der Waals surface area contributed by atoms with Crippen LogP contribution in [-0.4, -0.2) is 12.9 Å². The summed E-state index contributed by atoms with van der Waals surface area (Å²) < 4.78 is 5.15. The summed E-state index contributed by atoms with van der Waals surface area (Å²) in [4.78, 5) is 11.5. The van der Waals surface area contributed by atoms with Gasteiger partial charge in [0.1, 0.15) is 5.76 Å². The van der Waals surface area contributed by atoms with E-state index in [0.717, 1.165) is 5.76 Å². The predicted octanol–water partition coefficient (Wildman–Crippen LogP) is 1.93. The Morgan fingerprint density at radius 1 is 1.54 bits per heavy atom. The molecule has 2 aliphatic rings. The third-order valence-electron chi connectivity index (χ3n) is 3.23. The van der Waals surface area contributed by atoms with E-state index in [0.29, 0.717) is 5.92 Å². The molecule has 0 amide bonds. The summed E-state index contributed by atoms with van der Waals surface area (Å²) in [6.45, 7) is 4.28. The Hall–Kier alpha value is -1.05. The van der Waals surface area contributed by atoms with Gasteiger partial charge in [0.2, 0.25) is 0 Å². The number of hydrogen-bond acceptors (Lipinski definition) is 2. The number of fused-ring (bicyclic) bond motifs is 1. The maximum Gasteiger partial charge on any atom is 0.167 e. The molecular formula is C11H14O2. The summed E-state index contributed by atoms with van der Waals surface area (Å²) >= 11 is 0. The van der Waals surface area contributed by atoms with Crippen molar-refractivity contribution in [2.24, 2.45) is 17.3 Å². The van der Waals surface area contributed by atoms with Gasteiger partial charge in [-0.15, -0.1) is 0 Å². The van der Waals surface area contributed by atoms with Crippen LogP contribution in [0.25, 0.3) is 0 Å². The Kier molecular flexibility index (Phi) is 1.62. The first-order valence-corrected chi connectivity index (χ1v) is 4.61. The number of rotatable bonds is 2. The molecular weight excluding hydrogens is 164 g/mol. The highest BCUT2D eigenvalue weighted by Crippen LogP contribution is 2.55. The molecule has 2 aliphatic carbocycles. The molecule has 0 spiro atoms. The summed E-state index contributed by atoms with van der Waals surface area (Å²) in [6, 6.07) is 0. The van der Waals surface area contributed by atoms with Crippen LogP contribution in [0.15, 0.2) is 24.0 Å². The maximum atomic E-state index is 11.5. The van der Waals surface area contributed by atoms with Gasteiger partial charge < -0.3 is 4.74 Å². The number of carbonyl (C=O) groups excluding carboxylic acids is 1. The van der Waals surface area contributed by atoms with Crippen molar-refractivity contribution in [1.82, 2.24) is 0 Å². The highest BCUT2D eigenvalue weighted by Gasteiger charge is 2.54. The molecule has 2 rings (SSSR count). The Balaban J connectivity index is 2.37. The van der Waals surface area contributed by atoms with Gasteiger partial charge >= 0.3 is 0 Å². The number of carbonyl (C=O) groups is 1. The van der Waals surface area contributed by atoms with Gasteiger partial charge in [0.25, 0.3) is 0 Å². The van der Waals surface area contributed by atoms with Gasteiger partial charge in [0.15, 0.2) is 5.78 Å². The molecule has 0 fully saturated rings. The smallest absolute Gasteiger partial charge is 0.167 e. The molecule has 13 heavy (non-hydrogen) atoms. The molecule has 2 atom stereocenters. The van der Waals surface area contributed by atoms with Gasteiger partial charge in [-0.25, -0.2) is 0 Å². The van der Waals surface area contributed by atoms with Crippen molar-refractivity contribution in [2.45, 2.75) is 13.8 Å². The number of ketones is 1. The van der Waals surface area contributed by atoms with E-state index >= 15 is 0 Å². The second-order valence-corrected chi connectivity index (χ2v) is 4.07. The minimum absolute atomic E-state index is 0.0301. The summed E-state index contributed by atoms with van der Waals surface area (Å²) in [6.07, 6.45) is 5.78. The second-order valence-electron chi connectivity index (χ2n) is 4.07. The van der Waals surface area contributed by atoms with E-state index in [2.05, 4.69) is 19.9 Å². The lowest BCUT2D eigenvalue weighted by atomic mass is 9.61. The number of ether oxygens (including phenoxy) is 1. The highest BCUT2D eigenvalue weighted by molar-refractivity contribution is 5.99. The van der Waals surface area contributed by atoms with Crippen LogP contribution < -0.4 is 0 Å². The van der Waals surface area contributed by atoms with Gasteiger partial charge in [-0.3, -0.25) is 4.79 Å². The summed E-state index contributed by atoms with van der Waals surface area (Å²) in [5.74, 6) is 1.45. The van der Waals surface area contributed by atoms with E-state index in [9.17, 15) is 4.79 Å². The fraction of sp³-hybridized carbons (Fsp3) is 0.545. The Labute approximate surface area is 78.3 Å². The van der Waals surface area contributed by atoms with E-state index < -0.39 is 0 Å². The van der Waals surface area contributed by atoms with E-state index in [1.165, 1.54) is 0 Å². The van der Waals surface area contributed by atoms with Gasteiger partial charge in [-0.05, 0) is 18.1 Å². The SMILES string of the molecule is COC1=CC2(C(C)C)C=CC(=O)C12. The normalized spacial score (nSPS) is 35.8. The summed E-state index contributed by atoms with van der Waals surface area (Å²) in [5, 5.41) is 0. The molecule has 0 saturated carbocycles. The van der Waals surface area contributed by atoms with Crippen molar-refractivity contribution in [2.75, 3.05) is 7.11 Å². The highest BCUT2D eigenvalue weighted by atomic mass is 16.5. The van der Waals surface area contributed by atoms with Crippen LogP contribution in [0.3, 0.4) is 0 Å². The van der Waals surface area contributed by atoms with Crippen LogP contribution in [0.4, 0.5) is 0 Å². The van der Waals surface area contributed by atoms with Crippen LogP contribution in [0.1, 0.15) is 13.8 Å². The molecule has 0 aromatic rings. The van der Waals surface area contributed by atoms with Crippen molar-refractivity contribution < 1.29 is 9.53 Å². The molecule has 2 heteroatoms. The zero-order chi connectivity index (χ0) is 9.64. The van der Waals surface area contributed by atoms with Crippen LogP contribution in [-0.2, 0) is 9.53 Å². The zero-order valence-corrected chi connectivity index (χ0v) is 8.20. The molecule has 0 saturated heterocycles. The largest absolute Gasteiger partial charge is 0.501 e. The van der Waals surface area contributed by atoms with E-state index in [4.69, 9.17) is 4.74 Å². The first-order chi connectivity index (χ1) is 6.12. The van der Waals surface area contributed by atoms with Crippen LogP contribution in [0.5, 0.6) is 0 Å². The molecule has 0 aliphatic heterocycles. The quantitative estimate of drug-likeness (QED) is 0.645. The molecule has 2 nitrogen and oxygen atoms in total. The first-order valence-electron chi connectivity index (χ1n) is 4.61. The third kappa shape index (κ3) is 0.859. The van der Waals surface area contributed by atoms with Crippen molar-refractivity contribution >= 4 is 5.78 Å². The summed E-state index contributed by atoms with van der Waals surface area (Å²) in [7, 11) is 1.63.